The minimum Gasteiger partial charge on any atom is -0.481 e. The molecule has 2 rings (SSSR count). The Bertz CT molecular complexity index is 630. The smallest absolute Gasteiger partial charge is 0.410 e. The highest BCUT2D eigenvalue weighted by molar-refractivity contribution is 5.74. The maximum absolute atomic E-state index is 13.2. The monoisotopic (exact) mass is 352 g/mol. The van der Waals surface area contributed by atoms with Crippen molar-refractivity contribution in [1.29, 1.82) is 0 Å². The average Bonchev–Trinajstić information content (AvgIpc) is 2.51. The van der Waals surface area contributed by atoms with Gasteiger partial charge in [-0.3, -0.25) is 4.79 Å². The quantitative estimate of drug-likeness (QED) is 0.871. The third kappa shape index (κ3) is 5.70. The second-order valence-electron chi connectivity index (χ2n) is 7.28. The van der Waals surface area contributed by atoms with Crippen LogP contribution in [0.4, 0.5) is 9.18 Å². The van der Waals surface area contributed by atoms with Crippen LogP contribution in [0.3, 0.4) is 0 Å². The SMILES string of the molecule is CC(C)(C)OC(=O)N1CC[C@H](NCc2cccc(F)c2)[C@@H](C(=O)O)C1. The molecular formula is C18H25FN2O4. The van der Waals surface area contributed by atoms with Crippen LogP contribution in [0.5, 0.6) is 0 Å². The lowest BCUT2D eigenvalue weighted by atomic mass is 9.92. The van der Waals surface area contributed by atoms with Crippen molar-refractivity contribution < 1.29 is 23.8 Å². The fourth-order valence-electron chi connectivity index (χ4n) is 2.83. The Morgan fingerprint density at radius 1 is 1.40 bits per heavy atom. The fourth-order valence-corrected chi connectivity index (χ4v) is 2.83. The Labute approximate surface area is 147 Å². The van der Waals surface area contributed by atoms with Gasteiger partial charge in [0.05, 0.1) is 5.92 Å². The normalized spacial score (nSPS) is 21.0. The minimum atomic E-state index is -0.968. The van der Waals surface area contributed by atoms with Gasteiger partial charge in [0.2, 0.25) is 0 Å². The second kappa shape index (κ2) is 7.82. The van der Waals surface area contributed by atoms with Gasteiger partial charge in [0.25, 0.3) is 0 Å². The maximum Gasteiger partial charge on any atom is 0.410 e. The van der Waals surface area contributed by atoms with E-state index in [0.717, 1.165) is 5.56 Å². The molecule has 6 nitrogen and oxygen atoms in total. The maximum atomic E-state index is 13.2. The largest absolute Gasteiger partial charge is 0.481 e. The van der Waals surface area contributed by atoms with Gasteiger partial charge in [0, 0.05) is 25.7 Å². The van der Waals surface area contributed by atoms with E-state index < -0.39 is 23.6 Å². The number of carbonyl (C=O) groups is 2. The Morgan fingerprint density at radius 3 is 2.72 bits per heavy atom. The highest BCUT2D eigenvalue weighted by atomic mass is 19.1. The van der Waals surface area contributed by atoms with E-state index in [0.29, 0.717) is 19.5 Å². The first-order valence-electron chi connectivity index (χ1n) is 8.34. The molecule has 2 N–H and O–H groups in total. The summed E-state index contributed by atoms with van der Waals surface area (Å²) in [5.41, 5.74) is 0.126. The standard InChI is InChI=1S/C18H25FN2O4/c1-18(2,3)25-17(24)21-8-7-15(14(11-21)16(22)23)20-10-12-5-4-6-13(19)9-12/h4-6,9,14-15,20H,7-8,10-11H2,1-3H3,(H,22,23)/t14-,15-/m0/s1. The molecule has 0 bridgehead atoms. The number of hydrogen-bond acceptors (Lipinski definition) is 4. The van der Waals surface area contributed by atoms with Gasteiger partial charge in [-0.25, -0.2) is 9.18 Å². The van der Waals surface area contributed by atoms with Crippen molar-refractivity contribution in [2.45, 2.75) is 45.4 Å². The van der Waals surface area contributed by atoms with Crippen LogP contribution >= 0.6 is 0 Å². The topological polar surface area (TPSA) is 78.9 Å². The lowest BCUT2D eigenvalue weighted by Gasteiger charge is -2.37. The molecular weight excluding hydrogens is 327 g/mol. The van der Waals surface area contributed by atoms with E-state index >= 15 is 0 Å². The zero-order valence-corrected chi connectivity index (χ0v) is 14.8. The molecule has 0 spiro atoms. The predicted octanol–water partition coefficient (Wildman–Crippen LogP) is 2.63. The summed E-state index contributed by atoms with van der Waals surface area (Å²) in [4.78, 5) is 25.2. The van der Waals surface area contributed by atoms with E-state index in [1.165, 1.54) is 17.0 Å². The molecule has 0 saturated carbocycles. The summed E-state index contributed by atoms with van der Waals surface area (Å²) >= 11 is 0. The molecule has 25 heavy (non-hydrogen) atoms. The molecule has 1 fully saturated rings. The Kier molecular flexibility index (Phi) is 6.00. The summed E-state index contributed by atoms with van der Waals surface area (Å²) < 4.78 is 18.5. The first-order valence-corrected chi connectivity index (χ1v) is 8.34. The molecule has 7 heteroatoms. The highest BCUT2D eigenvalue weighted by Gasteiger charge is 2.37. The van der Waals surface area contributed by atoms with Gasteiger partial charge in [-0.2, -0.15) is 0 Å². The summed E-state index contributed by atoms with van der Waals surface area (Å²) in [5.74, 6) is -2.03. The summed E-state index contributed by atoms with van der Waals surface area (Å²) in [6, 6.07) is 5.88. The van der Waals surface area contributed by atoms with Crippen LogP contribution in [0.25, 0.3) is 0 Å². The number of aliphatic carboxylic acids is 1. The van der Waals surface area contributed by atoms with Gasteiger partial charge in [0.15, 0.2) is 0 Å². The number of nitrogens with zero attached hydrogens (tertiary/aromatic N) is 1. The number of halogens is 1. The second-order valence-corrected chi connectivity index (χ2v) is 7.28. The summed E-state index contributed by atoms with van der Waals surface area (Å²) in [5, 5.41) is 12.7. The predicted molar refractivity (Wildman–Crippen MR) is 90.6 cm³/mol. The van der Waals surface area contributed by atoms with Crippen molar-refractivity contribution in [3.63, 3.8) is 0 Å². The molecule has 1 aromatic rings. The fraction of sp³-hybridized carbons (Fsp3) is 0.556. The number of carboxylic acids is 1. The zero-order valence-electron chi connectivity index (χ0n) is 14.8. The van der Waals surface area contributed by atoms with Gasteiger partial charge in [-0.05, 0) is 44.9 Å². The first kappa shape index (κ1) is 19.2. The highest BCUT2D eigenvalue weighted by Crippen LogP contribution is 2.21. The number of piperidine rings is 1. The summed E-state index contributed by atoms with van der Waals surface area (Å²) in [6.45, 7) is 6.19. The molecule has 1 aliphatic rings. The average molecular weight is 352 g/mol. The lowest BCUT2D eigenvalue weighted by molar-refractivity contribution is -0.144. The molecule has 138 valence electrons. The van der Waals surface area contributed by atoms with Gasteiger partial charge in [-0.1, -0.05) is 12.1 Å². The third-order valence-corrected chi connectivity index (χ3v) is 4.04. The molecule has 0 radical (unpaired) electrons. The van der Waals surface area contributed by atoms with Crippen LogP contribution in [-0.4, -0.2) is 46.8 Å². The molecule has 1 aromatic carbocycles. The molecule has 1 aliphatic heterocycles. The van der Waals surface area contributed by atoms with Gasteiger partial charge >= 0.3 is 12.1 Å². The van der Waals surface area contributed by atoms with Crippen molar-refractivity contribution in [3.05, 3.63) is 35.6 Å². The van der Waals surface area contributed by atoms with E-state index in [4.69, 9.17) is 4.74 Å². The van der Waals surface area contributed by atoms with Crippen molar-refractivity contribution in [1.82, 2.24) is 10.2 Å². The van der Waals surface area contributed by atoms with Crippen LogP contribution < -0.4 is 5.32 Å². The van der Waals surface area contributed by atoms with Crippen LogP contribution in [-0.2, 0) is 16.1 Å². The molecule has 2 atom stereocenters. The number of rotatable bonds is 4. The third-order valence-electron chi connectivity index (χ3n) is 4.04. The van der Waals surface area contributed by atoms with Crippen molar-refractivity contribution in [2.75, 3.05) is 13.1 Å². The molecule has 1 heterocycles. The summed E-state index contributed by atoms with van der Waals surface area (Å²) in [7, 11) is 0. The van der Waals surface area contributed by atoms with Crippen LogP contribution in [0.1, 0.15) is 32.8 Å². The number of hydrogen-bond donors (Lipinski definition) is 2. The van der Waals surface area contributed by atoms with Gasteiger partial charge < -0.3 is 20.1 Å². The number of amides is 1. The number of nitrogens with one attached hydrogen (secondary N) is 1. The minimum absolute atomic E-state index is 0.0884. The number of carbonyl (C=O) groups excluding carboxylic acids is 1. The number of likely N-dealkylation sites (tertiary alicyclic amines) is 1. The van der Waals surface area contributed by atoms with Crippen LogP contribution in [0.2, 0.25) is 0 Å². The lowest BCUT2D eigenvalue weighted by Crippen LogP contribution is -2.54. The van der Waals surface area contributed by atoms with Gasteiger partial charge in [-0.15, -0.1) is 0 Å². The van der Waals surface area contributed by atoms with E-state index in [-0.39, 0.29) is 18.4 Å². The molecule has 0 aromatic heterocycles. The van der Waals surface area contributed by atoms with Crippen molar-refractivity contribution in [2.24, 2.45) is 5.92 Å². The molecule has 0 aliphatic carbocycles. The number of carboxylic acid groups (broad SMARTS) is 1. The molecule has 1 amide bonds. The summed E-state index contributed by atoms with van der Waals surface area (Å²) in [6.07, 6.45) is -0.00625. The number of ether oxygens (including phenoxy) is 1. The van der Waals surface area contributed by atoms with Crippen molar-refractivity contribution in [3.8, 4) is 0 Å². The van der Waals surface area contributed by atoms with E-state index in [1.807, 2.05) is 0 Å². The number of benzene rings is 1. The van der Waals surface area contributed by atoms with Gasteiger partial charge in [0.1, 0.15) is 11.4 Å². The molecule has 1 saturated heterocycles. The van der Waals surface area contributed by atoms with Crippen LogP contribution in [0, 0.1) is 11.7 Å². The molecule has 0 unspecified atom stereocenters. The van der Waals surface area contributed by atoms with Crippen molar-refractivity contribution >= 4 is 12.1 Å². The van der Waals surface area contributed by atoms with E-state index in [9.17, 15) is 19.1 Å². The van der Waals surface area contributed by atoms with E-state index in [1.54, 1.807) is 32.9 Å². The van der Waals surface area contributed by atoms with Crippen LogP contribution in [0.15, 0.2) is 24.3 Å². The Hall–Kier alpha value is -2.15. The Balaban J connectivity index is 1.97. The van der Waals surface area contributed by atoms with E-state index in [2.05, 4.69) is 5.32 Å². The first-order chi connectivity index (χ1) is 11.7. The zero-order chi connectivity index (χ0) is 18.6. The Morgan fingerprint density at radius 2 is 2.12 bits per heavy atom.